The summed E-state index contributed by atoms with van der Waals surface area (Å²) in [4.78, 5) is 31.7. The molecular weight excluding hydrogens is 532 g/mol. The summed E-state index contributed by atoms with van der Waals surface area (Å²) in [5.41, 5.74) is 2.99. The third-order valence-electron chi connectivity index (χ3n) is 6.83. The number of methoxy groups -OCH3 is 1. The molecule has 0 saturated carbocycles. The number of anilines is 1. The van der Waals surface area contributed by atoms with Gasteiger partial charge in [-0.2, -0.15) is 0 Å². The zero-order valence-corrected chi connectivity index (χ0v) is 22.8. The number of benzene rings is 4. The summed E-state index contributed by atoms with van der Waals surface area (Å²) in [5.74, 6) is 0.917. The molecule has 1 aliphatic heterocycles. The van der Waals surface area contributed by atoms with E-state index in [0.717, 1.165) is 21.9 Å². The number of nitrogens with one attached hydrogen (secondary N) is 1. The van der Waals surface area contributed by atoms with Gasteiger partial charge in [0.15, 0.2) is 0 Å². The Balaban J connectivity index is 1.61. The molecule has 0 saturated heterocycles. The normalized spacial score (nSPS) is 14.1. The van der Waals surface area contributed by atoms with Gasteiger partial charge in [-0.05, 0) is 45.3 Å². The summed E-state index contributed by atoms with van der Waals surface area (Å²) < 4.78 is 7.49. The number of ether oxygens (including phenoxy) is 1. The summed E-state index contributed by atoms with van der Waals surface area (Å²) in [6.45, 7) is 1.52. The van der Waals surface area contributed by atoms with Crippen LogP contribution in [0.4, 0.5) is 5.69 Å². The Hall–Kier alpha value is -4.14. The number of carbonyl (C=O) groups is 1. The van der Waals surface area contributed by atoms with Crippen LogP contribution in [0.1, 0.15) is 24.2 Å². The minimum atomic E-state index is -0.768. The van der Waals surface area contributed by atoms with E-state index in [1.165, 1.54) is 18.7 Å². The van der Waals surface area contributed by atoms with E-state index in [9.17, 15) is 9.59 Å². The number of thioether (sulfide) groups is 1. The highest BCUT2D eigenvalue weighted by atomic mass is 35.5. The minimum Gasteiger partial charge on any atom is -0.496 e. The number of para-hydroxylation sites is 1. The molecule has 5 aromatic rings. The molecule has 1 N–H and O–H groups in total. The number of aromatic nitrogens is 3. The monoisotopic (exact) mass is 555 g/mol. The van der Waals surface area contributed by atoms with Crippen molar-refractivity contribution in [1.29, 1.82) is 0 Å². The van der Waals surface area contributed by atoms with Gasteiger partial charge < -0.3 is 4.74 Å². The van der Waals surface area contributed by atoms with Gasteiger partial charge >= 0.3 is 11.3 Å². The quantitative estimate of drug-likeness (QED) is 0.221. The van der Waals surface area contributed by atoms with E-state index in [-0.39, 0.29) is 11.5 Å². The summed E-state index contributed by atoms with van der Waals surface area (Å²) >= 11 is 7.74. The summed E-state index contributed by atoms with van der Waals surface area (Å²) in [6, 6.07) is 26.7. The average molecular weight is 556 g/mol. The van der Waals surface area contributed by atoms with Crippen LogP contribution in [0.15, 0.2) is 94.9 Å². The lowest BCUT2D eigenvalue weighted by Gasteiger charge is -2.32. The molecule has 39 heavy (non-hydrogen) atoms. The first-order chi connectivity index (χ1) is 19.0. The first-order valence-corrected chi connectivity index (χ1v) is 13.7. The van der Waals surface area contributed by atoms with E-state index in [1.54, 1.807) is 16.7 Å². The van der Waals surface area contributed by atoms with E-state index in [2.05, 4.69) is 4.98 Å². The van der Waals surface area contributed by atoms with Crippen LogP contribution < -0.4 is 19.9 Å². The van der Waals surface area contributed by atoms with Crippen molar-refractivity contribution in [2.45, 2.75) is 24.0 Å². The molecule has 9 heteroatoms. The molecule has 1 atom stereocenters. The smallest absolute Gasteiger partial charge is 0.325 e. The average Bonchev–Trinajstić information content (AvgIpc) is 2.95. The van der Waals surface area contributed by atoms with Gasteiger partial charge in [0.1, 0.15) is 5.75 Å². The number of hydrogen-bond donors (Lipinski definition) is 1. The SMILES string of the molecule is COc1ccc2ccccc2c1[C@H]1N(C(C)=O)c2ccccc2-c2c(=O)[nH]c(SCc3ccccc3Cl)n[n+]21. The van der Waals surface area contributed by atoms with Gasteiger partial charge in [0, 0.05) is 22.8 Å². The van der Waals surface area contributed by atoms with Gasteiger partial charge in [-0.1, -0.05) is 84.0 Å². The van der Waals surface area contributed by atoms with Crippen molar-refractivity contribution >= 4 is 45.7 Å². The zero-order chi connectivity index (χ0) is 27.1. The molecule has 0 fully saturated rings. The van der Waals surface area contributed by atoms with Gasteiger partial charge in [0.05, 0.1) is 23.9 Å². The summed E-state index contributed by atoms with van der Waals surface area (Å²) in [7, 11) is 1.60. The number of aromatic amines is 1. The van der Waals surface area contributed by atoms with Crippen molar-refractivity contribution in [2.75, 3.05) is 12.0 Å². The van der Waals surface area contributed by atoms with E-state index in [1.807, 2.05) is 84.9 Å². The molecule has 1 amide bonds. The molecule has 0 aliphatic carbocycles. The lowest BCUT2D eigenvalue weighted by molar-refractivity contribution is -0.763. The van der Waals surface area contributed by atoms with Crippen molar-refractivity contribution in [2.24, 2.45) is 0 Å². The highest BCUT2D eigenvalue weighted by Crippen LogP contribution is 2.42. The second-order valence-electron chi connectivity index (χ2n) is 9.12. The highest BCUT2D eigenvalue weighted by molar-refractivity contribution is 7.98. The molecule has 4 aromatic carbocycles. The second kappa shape index (κ2) is 10.2. The predicted molar refractivity (Wildman–Crippen MR) is 153 cm³/mol. The number of fused-ring (bicyclic) bond motifs is 4. The van der Waals surface area contributed by atoms with Crippen LogP contribution in [0.25, 0.3) is 22.0 Å². The number of hydrogen-bond acceptors (Lipinski definition) is 5. The maximum atomic E-state index is 13.7. The Labute approximate surface area is 234 Å². The fourth-order valence-electron chi connectivity index (χ4n) is 5.12. The Kier molecular flexibility index (Phi) is 6.58. The minimum absolute atomic E-state index is 0.187. The van der Waals surface area contributed by atoms with Crippen LogP contribution in [-0.4, -0.2) is 23.1 Å². The Morgan fingerprint density at radius 3 is 2.59 bits per heavy atom. The van der Waals surface area contributed by atoms with E-state index in [4.69, 9.17) is 21.4 Å². The molecular formula is C30H24ClN4O3S+. The summed E-state index contributed by atoms with van der Waals surface area (Å²) in [6.07, 6.45) is -0.768. The van der Waals surface area contributed by atoms with E-state index < -0.39 is 6.17 Å². The number of carbonyl (C=O) groups excluding carboxylic acids is 1. The largest absolute Gasteiger partial charge is 0.496 e. The highest BCUT2D eigenvalue weighted by Gasteiger charge is 2.46. The molecule has 0 radical (unpaired) electrons. The molecule has 0 unspecified atom stereocenters. The van der Waals surface area contributed by atoms with Crippen LogP contribution in [-0.2, 0) is 10.5 Å². The van der Waals surface area contributed by atoms with Crippen LogP contribution in [0.2, 0.25) is 5.02 Å². The lowest BCUT2D eigenvalue weighted by atomic mass is 9.96. The third kappa shape index (κ3) is 4.35. The number of amides is 1. The molecule has 0 bridgehead atoms. The van der Waals surface area contributed by atoms with Gasteiger partial charge in [-0.3, -0.25) is 14.6 Å². The Bertz CT molecular complexity index is 1810. The topological polar surface area (TPSA) is 79.2 Å². The van der Waals surface area contributed by atoms with E-state index in [0.29, 0.717) is 38.6 Å². The molecule has 2 heterocycles. The van der Waals surface area contributed by atoms with Gasteiger partial charge in [0.25, 0.3) is 6.17 Å². The number of nitrogens with zero attached hydrogens (tertiary/aromatic N) is 3. The number of rotatable bonds is 5. The molecule has 7 nitrogen and oxygen atoms in total. The lowest BCUT2D eigenvalue weighted by Crippen LogP contribution is -2.60. The van der Waals surface area contributed by atoms with Crippen molar-refractivity contribution < 1.29 is 14.2 Å². The van der Waals surface area contributed by atoms with Crippen molar-refractivity contribution in [3.63, 3.8) is 0 Å². The fourth-order valence-corrected chi connectivity index (χ4v) is 6.26. The van der Waals surface area contributed by atoms with E-state index >= 15 is 0 Å². The van der Waals surface area contributed by atoms with Gasteiger partial charge in [-0.15, -0.1) is 0 Å². The first kappa shape index (κ1) is 25.2. The van der Waals surface area contributed by atoms with Crippen molar-refractivity contribution in [1.82, 2.24) is 10.1 Å². The number of halogens is 1. The van der Waals surface area contributed by atoms with Crippen LogP contribution in [0.5, 0.6) is 5.75 Å². The fraction of sp³-hybridized carbons (Fsp3) is 0.133. The van der Waals surface area contributed by atoms with Crippen LogP contribution in [0.3, 0.4) is 0 Å². The molecule has 0 spiro atoms. The predicted octanol–water partition coefficient (Wildman–Crippen LogP) is 5.75. The van der Waals surface area contributed by atoms with Gasteiger partial charge in [0.2, 0.25) is 11.1 Å². The number of H-pyrrole nitrogens is 1. The standard InChI is InChI=1S/C30H23ClN4O3S/c1-18(36)34-24-14-8-6-12-22(24)27-28(37)32-30(39-17-20-10-4-7-13-23(20)31)33-35(27)29(34)26-21-11-5-3-9-19(21)15-16-25(26)38-2/h3-16,29H,17H2,1-2H3/p+1/t29-/m0/s1. The maximum absolute atomic E-state index is 13.7. The Morgan fingerprint density at radius 1 is 1.05 bits per heavy atom. The molecule has 6 rings (SSSR count). The third-order valence-corrected chi connectivity index (χ3v) is 8.11. The molecule has 1 aliphatic rings. The van der Waals surface area contributed by atoms with Gasteiger partial charge in [-0.25, -0.2) is 4.90 Å². The van der Waals surface area contributed by atoms with Crippen LogP contribution >= 0.6 is 23.4 Å². The second-order valence-corrected chi connectivity index (χ2v) is 10.5. The molecule has 1 aromatic heterocycles. The van der Waals surface area contributed by atoms with Crippen molar-refractivity contribution in [3.8, 4) is 17.0 Å². The van der Waals surface area contributed by atoms with Crippen LogP contribution in [0, 0.1) is 0 Å². The summed E-state index contributed by atoms with van der Waals surface area (Å²) in [5, 5.41) is 7.86. The van der Waals surface area contributed by atoms with Crippen molar-refractivity contribution in [3.05, 3.63) is 111 Å². The maximum Gasteiger partial charge on any atom is 0.325 e. The Morgan fingerprint density at radius 2 is 1.79 bits per heavy atom. The molecule has 194 valence electrons. The zero-order valence-electron chi connectivity index (χ0n) is 21.2. The first-order valence-electron chi connectivity index (χ1n) is 12.3.